The van der Waals surface area contributed by atoms with Gasteiger partial charge in [-0.2, -0.15) is 0 Å². The van der Waals surface area contributed by atoms with Crippen LogP contribution in [0.1, 0.15) is 31.0 Å². The normalized spacial score (nSPS) is 20.8. The van der Waals surface area contributed by atoms with Gasteiger partial charge in [0.25, 0.3) is 0 Å². The molecule has 19 heavy (non-hydrogen) atoms. The van der Waals surface area contributed by atoms with Gasteiger partial charge < -0.3 is 14.6 Å². The van der Waals surface area contributed by atoms with Crippen LogP contribution in [-0.2, 0) is 11.3 Å². The zero-order valence-electron chi connectivity index (χ0n) is 11.6. The molecule has 3 rings (SSSR count). The first-order chi connectivity index (χ1) is 9.43. The van der Waals surface area contributed by atoms with Gasteiger partial charge in [0, 0.05) is 31.9 Å². The van der Waals surface area contributed by atoms with Gasteiger partial charge in [-0.1, -0.05) is 0 Å². The fourth-order valence-electron chi connectivity index (χ4n) is 2.62. The first-order valence-corrected chi connectivity index (χ1v) is 7.45. The molecule has 1 aliphatic heterocycles. The van der Waals surface area contributed by atoms with Crippen molar-refractivity contribution >= 4 is 0 Å². The molecule has 0 bridgehead atoms. The molecule has 2 fully saturated rings. The van der Waals surface area contributed by atoms with Crippen molar-refractivity contribution in [2.75, 3.05) is 39.4 Å². The monoisotopic (exact) mass is 264 g/mol. The molecule has 2 heterocycles. The molecular formula is C14H24N4O. The number of hydrogen-bond donors (Lipinski definition) is 1. The van der Waals surface area contributed by atoms with E-state index in [4.69, 9.17) is 4.74 Å². The Morgan fingerprint density at radius 3 is 2.95 bits per heavy atom. The second-order valence-electron chi connectivity index (χ2n) is 5.51. The average Bonchev–Trinajstić information content (AvgIpc) is 3.19. The molecule has 106 valence electrons. The topological polar surface area (TPSA) is 42.3 Å². The van der Waals surface area contributed by atoms with E-state index < -0.39 is 0 Å². The predicted molar refractivity (Wildman–Crippen MR) is 74.1 cm³/mol. The van der Waals surface area contributed by atoms with Crippen LogP contribution in [0.2, 0.25) is 0 Å². The summed E-state index contributed by atoms with van der Waals surface area (Å²) in [6.07, 6.45) is 7.81. The van der Waals surface area contributed by atoms with E-state index in [1.165, 1.54) is 31.5 Å². The minimum atomic E-state index is 0.729. The molecule has 1 aromatic heterocycles. The smallest absolute Gasteiger partial charge is 0.0951 e. The van der Waals surface area contributed by atoms with Crippen LogP contribution >= 0.6 is 0 Å². The fourth-order valence-corrected chi connectivity index (χ4v) is 2.62. The average molecular weight is 264 g/mol. The summed E-state index contributed by atoms with van der Waals surface area (Å²) in [6, 6.07) is 0.729. The maximum atomic E-state index is 5.35. The van der Waals surface area contributed by atoms with E-state index >= 15 is 0 Å². The Kier molecular flexibility index (Phi) is 4.48. The third-order valence-corrected chi connectivity index (χ3v) is 3.92. The highest BCUT2D eigenvalue weighted by atomic mass is 16.5. The van der Waals surface area contributed by atoms with Gasteiger partial charge in [-0.3, -0.25) is 4.90 Å². The minimum absolute atomic E-state index is 0.729. The lowest BCUT2D eigenvalue weighted by atomic mass is 10.3. The van der Waals surface area contributed by atoms with Crippen LogP contribution < -0.4 is 5.32 Å². The van der Waals surface area contributed by atoms with Gasteiger partial charge in [0.2, 0.25) is 0 Å². The van der Waals surface area contributed by atoms with E-state index in [2.05, 4.69) is 19.8 Å². The Labute approximate surface area is 114 Å². The molecule has 1 aliphatic carbocycles. The SMILES string of the molecule is c1ncn(C2CC2)c1CNCCCN1CCOCC1. The van der Waals surface area contributed by atoms with Crippen LogP contribution in [0.5, 0.6) is 0 Å². The third-order valence-electron chi connectivity index (χ3n) is 3.92. The highest BCUT2D eigenvalue weighted by Crippen LogP contribution is 2.35. The molecule has 1 saturated carbocycles. The van der Waals surface area contributed by atoms with Crippen molar-refractivity contribution in [2.45, 2.75) is 31.8 Å². The van der Waals surface area contributed by atoms with Gasteiger partial charge in [0.1, 0.15) is 0 Å². The number of hydrogen-bond acceptors (Lipinski definition) is 4. The number of rotatable bonds is 7. The van der Waals surface area contributed by atoms with E-state index in [1.54, 1.807) is 0 Å². The van der Waals surface area contributed by atoms with Crippen molar-refractivity contribution in [1.29, 1.82) is 0 Å². The van der Waals surface area contributed by atoms with Crippen LogP contribution in [0, 0.1) is 0 Å². The predicted octanol–water partition coefficient (Wildman–Crippen LogP) is 1.03. The zero-order chi connectivity index (χ0) is 12.9. The minimum Gasteiger partial charge on any atom is -0.379 e. The van der Waals surface area contributed by atoms with Crippen molar-refractivity contribution < 1.29 is 4.74 Å². The van der Waals surface area contributed by atoms with Crippen molar-refractivity contribution in [3.05, 3.63) is 18.2 Å². The molecule has 0 spiro atoms. The maximum Gasteiger partial charge on any atom is 0.0951 e. The molecule has 0 aromatic carbocycles. The maximum absolute atomic E-state index is 5.35. The third kappa shape index (κ3) is 3.78. The van der Waals surface area contributed by atoms with Crippen LogP contribution in [0.3, 0.4) is 0 Å². The Morgan fingerprint density at radius 1 is 1.32 bits per heavy atom. The largest absolute Gasteiger partial charge is 0.379 e. The summed E-state index contributed by atoms with van der Waals surface area (Å²) >= 11 is 0. The lowest BCUT2D eigenvalue weighted by Crippen LogP contribution is -2.37. The molecule has 5 heteroatoms. The first kappa shape index (κ1) is 13.1. The van der Waals surface area contributed by atoms with E-state index in [1.807, 2.05) is 12.5 Å². The molecule has 0 atom stereocenters. The van der Waals surface area contributed by atoms with Crippen molar-refractivity contribution in [3.8, 4) is 0 Å². The summed E-state index contributed by atoms with van der Waals surface area (Å²) in [5.74, 6) is 0. The second kappa shape index (κ2) is 6.50. The van der Waals surface area contributed by atoms with E-state index in [-0.39, 0.29) is 0 Å². The van der Waals surface area contributed by atoms with E-state index in [0.29, 0.717) is 0 Å². The standard InChI is InChI=1S/C14H24N4O/c1(5-17-6-8-19-9-7-17)4-15-10-14-11-16-12-18(14)13-2-3-13/h11-13,15H,1-10H2. The molecular weight excluding hydrogens is 240 g/mol. The van der Waals surface area contributed by atoms with Crippen LogP contribution in [0.15, 0.2) is 12.5 Å². The second-order valence-corrected chi connectivity index (χ2v) is 5.51. The van der Waals surface area contributed by atoms with Crippen molar-refractivity contribution in [3.63, 3.8) is 0 Å². The van der Waals surface area contributed by atoms with E-state index in [9.17, 15) is 0 Å². The molecule has 1 N–H and O–H groups in total. The summed E-state index contributed by atoms with van der Waals surface area (Å²) in [5, 5.41) is 3.53. The molecule has 5 nitrogen and oxygen atoms in total. The lowest BCUT2D eigenvalue weighted by molar-refractivity contribution is 0.0374. The number of ether oxygens (including phenoxy) is 1. The summed E-state index contributed by atoms with van der Waals surface area (Å²) in [4.78, 5) is 6.74. The van der Waals surface area contributed by atoms with Crippen LogP contribution in [0.25, 0.3) is 0 Å². The number of aromatic nitrogens is 2. The molecule has 0 radical (unpaired) electrons. The van der Waals surface area contributed by atoms with Gasteiger partial charge in [-0.15, -0.1) is 0 Å². The quantitative estimate of drug-likeness (QED) is 0.747. The van der Waals surface area contributed by atoms with Crippen LogP contribution in [-0.4, -0.2) is 53.8 Å². The number of morpholine rings is 1. The Hall–Kier alpha value is -0.910. The number of nitrogens with one attached hydrogen (secondary N) is 1. The van der Waals surface area contributed by atoms with E-state index in [0.717, 1.165) is 45.4 Å². The molecule has 1 aromatic rings. The Bertz CT molecular complexity index is 383. The summed E-state index contributed by atoms with van der Waals surface area (Å²) < 4.78 is 7.68. The van der Waals surface area contributed by atoms with Gasteiger partial charge >= 0.3 is 0 Å². The summed E-state index contributed by atoms with van der Waals surface area (Å²) in [5.41, 5.74) is 1.33. The zero-order valence-corrected chi connectivity index (χ0v) is 11.6. The molecule has 1 saturated heterocycles. The molecule has 0 unspecified atom stereocenters. The van der Waals surface area contributed by atoms with Crippen molar-refractivity contribution in [2.24, 2.45) is 0 Å². The fraction of sp³-hybridized carbons (Fsp3) is 0.786. The van der Waals surface area contributed by atoms with Crippen molar-refractivity contribution in [1.82, 2.24) is 19.8 Å². The highest BCUT2D eigenvalue weighted by Gasteiger charge is 2.24. The summed E-state index contributed by atoms with van der Waals surface area (Å²) in [7, 11) is 0. The number of nitrogens with zero attached hydrogens (tertiary/aromatic N) is 3. The number of imidazole rings is 1. The summed E-state index contributed by atoms with van der Waals surface area (Å²) in [6.45, 7) is 7.18. The van der Waals surface area contributed by atoms with Gasteiger partial charge in [-0.05, 0) is 32.4 Å². The molecule has 2 aliphatic rings. The first-order valence-electron chi connectivity index (χ1n) is 7.45. The van der Waals surface area contributed by atoms with Gasteiger partial charge in [0.05, 0.1) is 25.2 Å². The highest BCUT2D eigenvalue weighted by molar-refractivity contribution is 5.03. The van der Waals surface area contributed by atoms with Gasteiger partial charge in [0.15, 0.2) is 0 Å². The van der Waals surface area contributed by atoms with Gasteiger partial charge in [-0.25, -0.2) is 4.98 Å². The lowest BCUT2D eigenvalue weighted by Gasteiger charge is -2.26. The Morgan fingerprint density at radius 2 is 2.16 bits per heavy atom. The molecule has 0 amide bonds. The Balaban J connectivity index is 1.31. The van der Waals surface area contributed by atoms with Crippen LogP contribution in [0.4, 0.5) is 0 Å².